The summed E-state index contributed by atoms with van der Waals surface area (Å²) in [6, 6.07) is 3.45. The van der Waals surface area contributed by atoms with Gasteiger partial charge in [-0.25, -0.2) is 0 Å². The topological polar surface area (TPSA) is 56.0 Å². The molecule has 0 fully saturated rings. The van der Waals surface area contributed by atoms with Crippen LogP contribution in [0.3, 0.4) is 0 Å². The molecular weight excluding hydrogens is 220 g/mol. The van der Waals surface area contributed by atoms with Gasteiger partial charge in [-0.15, -0.1) is 0 Å². The second-order valence-corrected chi connectivity index (χ2v) is 3.12. The van der Waals surface area contributed by atoms with Gasteiger partial charge >= 0.3 is 0 Å². The van der Waals surface area contributed by atoms with Crippen LogP contribution in [0.4, 0.5) is 0 Å². The first-order chi connectivity index (χ1) is 5.61. The minimum absolute atomic E-state index is 0.219. The van der Waals surface area contributed by atoms with Crippen molar-refractivity contribution in [3.8, 4) is 0 Å². The lowest BCUT2D eigenvalue weighted by Gasteiger charge is -1.99. The van der Waals surface area contributed by atoms with Gasteiger partial charge in [-0.1, -0.05) is 22.5 Å². The maximum Gasteiger partial charge on any atom is 0.250 e. The molecule has 1 heterocycles. The van der Waals surface area contributed by atoms with Crippen LogP contribution in [-0.2, 0) is 4.79 Å². The molecule has 1 rings (SSSR count). The fraction of sp³-hybridized carbons (Fsp3) is 0. The number of halogens is 1. The molecule has 0 aliphatic carbocycles. The first-order valence-electron chi connectivity index (χ1n) is 3.22. The van der Waals surface area contributed by atoms with E-state index in [1.807, 2.05) is 0 Å². The number of pyridine rings is 1. The van der Waals surface area contributed by atoms with Gasteiger partial charge in [0.1, 0.15) is 0 Å². The van der Waals surface area contributed by atoms with Crippen LogP contribution in [0.1, 0.15) is 5.69 Å². The molecule has 0 aliphatic rings. The maximum atomic E-state index is 10.7. The highest BCUT2D eigenvalue weighted by Crippen LogP contribution is 2.14. The highest BCUT2D eigenvalue weighted by molar-refractivity contribution is 9.10. The van der Waals surface area contributed by atoms with Crippen molar-refractivity contribution in [1.82, 2.24) is 4.98 Å². The second kappa shape index (κ2) is 3.49. The molecular formula is C8H7BrN2O. The number of carbonyl (C=O) groups is 1. The molecule has 0 saturated heterocycles. The Labute approximate surface area is 78.4 Å². The SMILES string of the molecule is C=C(C(N)=O)c1cc(Br)ccn1. The minimum Gasteiger partial charge on any atom is -0.366 e. The molecule has 0 spiro atoms. The number of rotatable bonds is 2. The predicted molar refractivity (Wildman–Crippen MR) is 50.2 cm³/mol. The summed E-state index contributed by atoms with van der Waals surface area (Å²) in [5.41, 5.74) is 5.74. The largest absolute Gasteiger partial charge is 0.366 e. The minimum atomic E-state index is -0.555. The third-order valence-electron chi connectivity index (χ3n) is 1.33. The number of amides is 1. The zero-order chi connectivity index (χ0) is 9.14. The molecule has 0 aromatic carbocycles. The van der Waals surface area contributed by atoms with Gasteiger partial charge < -0.3 is 5.73 Å². The molecule has 1 aromatic rings. The lowest BCUT2D eigenvalue weighted by atomic mass is 10.2. The molecule has 1 amide bonds. The summed E-state index contributed by atoms with van der Waals surface area (Å²) >= 11 is 3.25. The molecule has 0 radical (unpaired) electrons. The van der Waals surface area contributed by atoms with E-state index < -0.39 is 5.91 Å². The molecule has 62 valence electrons. The quantitative estimate of drug-likeness (QED) is 0.775. The highest BCUT2D eigenvalue weighted by atomic mass is 79.9. The molecule has 0 saturated carbocycles. The Morgan fingerprint density at radius 3 is 2.83 bits per heavy atom. The van der Waals surface area contributed by atoms with Crippen molar-refractivity contribution in [2.75, 3.05) is 0 Å². The van der Waals surface area contributed by atoms with Crippen molar-refractivity contribution in [2.45, 2.75) is 0 Å². The summed E-state index contributed by atoms with van der Waals surface area (Å²) in [7, 11) is 0. The molecule has 0 atom stereocenters. The number of aromatic nitrogens is 1. The lowest BCUT2D eigenvalue weighted by molar-refractivity contribution is -0.112. The Hall–Kier alpha value is -1.16. The first kappa shape index (κ1) is 8.93. The average molecular weight is 227 g/mol. The summed E-state index contributed by atoms with van der Waals surface area (Å²) in [5, 5.41) is 0. The van der Waals surface area contributed by atoms with E-state index in [2.05, 4.69) is 27.5 Å². The van der Waals surface area contributed by atoms with Crippen LogP contribution in [0.25, 0.3) is 5.57 Å². The lowest BCUT2D eigenvalue weighted by Crippen LogP contribution is -2.12. The number of carbonyl (C=O) groups excluding carboxylic acids is 1. The van der Waals surface area contributed by atoms with Gasteiger partial charge in [0, 0.05) is 10.7 Å². The molecule has 4 heteroatoms. The first-order valence-corrected chi connectivity index (χ1v) is 4.01. The van der Waals surface area contributed by atoms with Gasteiger partial charge in [-0.3, -0.25) is 9.78 Å². The van der Waals surface area contributed by atoms with E-state index in [1.165, 1.54) is 0 Å². The van der Waals surface area contributed by atoms with Gasteiger partial charge in [-0.05, 0) is 12.1 Å². The normalized spacial score (nSPS) is 9.42. The summed E-state index contributed by atoms with van der Waals surface area (Å²) in [6.45, 7) is 3.51. The summed E-state index contributed by atoms with van der Waals surface area (Å²) in [4.78, 5) is 14.6. The summed E-state index contributed by atoms with van der Waals surface area (Å²) < 4.78 is 0.843. The Bertz CT molecular complexity index is 336. The van der Waals surface area contributed by atoms with Crippen molar-refractivity contribution in [3.63, 3.8) is 0 Å². The predicted octanol–water partition coefficient (Wildman–Crippen LogP) is 1.34. The summed E-state index contributed by atoms with van der Waals surface area (Å²) in [6.07, 6.45) is 1.58. The number of nitrogens with zero attached hydrogens (tertiary/aromatic N) is 1. The molecule has 12 heavy (non-hydrogen) atoms. The molecule has 0 unspecified atom stereocenters. The molecule has 0 bridgehead atoms. The van der Waals surface area contributed by atoms with Crippen LogP contribution in [0.5, 0.6) is 0 Å². The van der Waals surface area contributed by atoms with Crippen LogP contribution in [0, 0.1) is 0 Å². The van der Waals surface area contributed by atoms with Crippen LogP contribution >= 0.6 is 15.9 Å². The zero-order valence-electron chi connectivity index (χ0n) is 6.25. The van der Waals surface area contributed by atoms with E-state index >= 15 is 0 Å². The summed E-state index contributed by atoms with van der Waals surface area (Å²) in [5.74, 6) is -0.555. The van der Waals surface area contributed by atoms with Crippen molar-refractivity contribution < 1.29 is 4.79 Å². The number of primary amides is 1. The Balaban J connectivity index is 3.04. The van der Waals surface area contributed by atoms with E-state index in [0.717, 1.165) is 4.47 Å². The van der Waals surface area contributed by atoms with Gasteiger partial charge in [0.2, 0.25) is 5.91 Å². The molecule has 3 nitrogen and oxygen atoms in total. The van der Waals surface area contributed by atoms with Crippen molar-refractivity contribution in [1.29, 1.82) is 0 Å². The molecule has 1 aromatic heterocycles. The number of hydrogen-bond donors (Lipinski definition) is 1. The van der Waals surface area contributed by atoms with Gasteiger partial charge in [-0.2, -0.15) is 0 Å². The van der Waals surface area contributed by atoms with Crippen molar-refractivity contribution >= 4 is 27.4 Å². The van der Waals surface area contributed by atoms with Crippen LogP contribution < -0.4 is 5.73 Å². The van der Waals surface area contributed by atoms with E-state index in [-0.39, 0.29) is 5.57 Å². The zero-order valence-corrected chi connectivity index (χ0v) is 7.84. The Kier molecular flexibility index (Phi) is 2.60. The highest BCUT2D eigenvalue weighted by Gasteiger charge is 2.05. The van der Waals surface area contributed by atoms with E-state index in [9.17, 15) is 4.79 Å². The third-order valence-corrected chi connectivity index (χ3v) is 1.82. The second-order valence-electron chi connectivity index (χ2n) is 2.20. The standard InChI is InChI=1S/C8H7BrN2O/c1-5(8(10)12)7-4-6(9)2-3-11-7/h2-4H,1H2,(H2,10,12). The average Bonchev–Trinajstić information content (AvgIpc) is 2.03. The van der Waals surface area contributed by atoms with Crippen molar-refractivity contribution in [2.24, 2.45) is 5.73 Å². The van der Waals surface area contributed by atoms with Crippen molar-refractivity contribution in [3.05, 3.63) is 35.1 Å². The smallest absolute Gasteiger partial charge is 0.250 e. The monoisotopic (exact) mass is 226 g/mol. The molecule has 2 N–H and O–H groups in total. The number of nitrogens with two attached hydrogens (primary N) is 1. The van der Waals surface area contributed by atoms with Crippen LogP contribution in [0.2, 0.25) is 0 Å². The van der Waals surface area contributed by atoms with E-state index in [4.69, 9.17) is 5.73 Å². The van der Waals surface area contributed by atoms with Gasteiger partial charge in [0.25, 0.3) is 0 Å². The van der Waals surface area contributed by atoms with E-state index in [0.29, 0.717) is 5.69 Å². The fourth-order valence-electron chi connectivity index (χ4n) is 0.696. The Morgan fingerprint density at radius 2 is 2.33 bits per heavy atom. The Morgan fingerprint density at radius 1 is 1.67 bits per heavy atom. The maximum absolute atomic E-state index is 10.7. The number of hydrogen-bond acceptors (Lipinski definition) is 2. The van der Waals surface area contributed by atoms with Crippen LogP contribution in [0.15, 0.2) is 29.4 Å². The van der Waals surface area contributed by atoms with E-state index in [1.54, 1.807) is 18.3 Å². The van der Waals surface area contributed by atoms with Crippen LogP contribution in [-0.4, -0.2) is 10.9 Å². The molecule has 0 aliphatic heterocycles. The van der Waals surface area contributed by atoms with Gasteiger partial charge in [0.15, 0.2) is 0 Å². The van der Waals surface area contributed by atoms with Gasteiger partial charge in [0.05, 0.1) is 11.3 Å². The third kappa shape index (κ3) is 1.92. The fourth-order valence-corrected chi connectivity index (χ4v) is 1.03.